The first kappa shape index (κ1) is 24.5. The van der Waals surface area contributed by atoms with Gasteiger partial charge in [-0.25, -0.2) is 9.07 Å². The zero-order valence-corrected chi connectivity index (χ0v) is 20.9. The number of nitrogens with one attached hydrogen (secondary N) is 1. The molecule has 5 aromatic rings. The lowest BCUT2D eigenvalue weighted by Crippen LogP contribution is -2.32. The van der Waals surface area contributed by atoms with E-state index in [1.54, 1.807) is 12.1 Å². The first-order valence-corrected chi connectivity index (χ1v) is 12.4. The minimum atomic E-state index is -0.282. The van der Waals surface area contributed by atoms with Gasteiger partial charge in [0, 0.05) is 24.2 Å². The van der Waals surface area contributed by atoms with Crippen LogP contribution in [0.15, 0.2) is 83.7 Å². The van der Waals surface area contributed by atoms with Crippen LogP contribution in [-0.4, -0.2) is 30.1 Å². The second-order valence-corrected chi connectivity index (χ2v) is 9.35. The van der Waals surface area contributed by atoms with Gasteiger partial charge in [-0.1, -0.05) is 61.5 Å². The van der Waals surface area contributed by atoms with E-state index in [0.717, 1.165) is 39.8 Å². The highest BCUT2D eigenvalue weighted by atomic mass is 19.1. The van der Waals surface area contributed by atoms with Crippen LogP contribution in [0.1, 0.15) is 47.5 Å². The van der Waals surface area contributed by atoms with Crippen LogP contribution in [0.3, 0.4) is 0 Å². The molecule has 5 rings (SSSR count). The van der Waals surface area contributed by atoms with Crippen molar-refractivity contribution in [2.75, 3.05) is 0 Å². The Hall–Kier alpha value is -4.17. The van der Waals surface area contributed by atoms with Crippen molar-refractivity contribution in [2.24, 2.45) is 0 Å². The summed E-state index contributed by atoms with van der Waals surface area (Å²) in [7, 11) is 0. The molecule has 188 valence electrons. The molecule has 0 aliphatic heterocycles. The fraction of sp³-hybridized carbons (Fsp3) is 0.241. The maximum Gasteiger partial charge on any atom is 0.252 e. The molecule has 2 heterocycles. The van der Waals surface area contributed by atoms with Crippen LogP contribution in [-0.2, 0) is 19.6 Å². The summed E-state index contributed by atoms with van der Waals surface area (Å²) in [5.74, 6) is 0.441. The van der Waals surface area contributed by atoms with Crippen molar-refractivity contribution in [3.8, 4) is 0 Å². The summed E-state index contributed by atoms with van der Waals surface area (Å²) in [6.45, 7) is 5.51. The molecule has 0 unspecified atom stereocenters. The molecule has 7 nitrogen and oxygen atoms in total. The van der Waals surface area contributed by atoms with Gasteiger partial charge >= 0.3 is 0 Å². The third kappa shape index (κ3) is 5.65. The molecular weight excluding hydrogens is 467 g/mol. The molecule has 0 saturated heterocycles. The van der Waals surface area contributed by atoms with Crippen molar-refractivity contribution in [1.82, 2.24) is 30.1 Å². The maximum absolute atomic E-state index is 13.6. The number of fused-ring (bicyclic) bond motifs is 1. The highest BCUT2D eigenvalue weighted by molar-refractivity contribution is 5.79. The topological polar surface area (TPSA) is 79.7 Å². The van der Waals surface area contributed by atoms with Gasteiger partial charge in [0.25, 0.3) is 5.56 Å². The molecule has 0 aliphatic rings. The SMILES string of the molecule is CC[C@H](c1nnnn1Cc1ccccc1)N(Cc1ccc(F)cc1)Cc1cc2ccc(C)cc2[nH]c1=O. The highest BCUT2D eigenvalue weighted by Gasteiger charge is 2.26. The fourth-order valence-electron chi connectivity index (χ4n) is 4.72. The molecule has 1 atom stereocenters. The predicted octanol–water partition coefficient (Wildman–Crippen LogP) is 5.16. The lowest BCUT2D eigenvalue weighted by Gasteiger charge is -2.30. The molecule has 3 aromatic carbocycles. The Morgan fingerprint density at radius 1 is 0.973 bits per heavy atom. The molecule has 1 N–H and O–H groups in total. The molecule has 0 amide bonds. The van der Waals surface area contributed by atoms with E-state index in [4.69, 9.17) is 0 Å². The van der Waals surface area contributed by atoms with Crippen LogP contribution in [0.5, 0.6) is 0 Å². The second kappa shape index (κ2) is 10.8. The summed E-state index contributed by atoms with van der Waals surface area (Å²) in [5, 5.41) is 13.6. The molecule has 8 heteroatoms. The average Bonchev–Trinajstić information content (AvgIpc) is 3.34. The van der Waals surface area contributed by atoms with Gasteiger partial charge in [-0.05, 0) is 70.1 Å². The van der Waals surface area contributed by atoms with E-state index < -0.39 is 0 Å². The number of tetrazole rings is 1. The number of aromatic amines is 1. The van der Waals surface area contributed by atoms with E-state index in [1.165, 1.54) is 12.1 Å². The summed E-state index contributed by atoms with van der Waals surface area (Å²) in [5.41, 5.74) is 4.47. The van der Waals surface area contributed by atoms with Gasteiger partial charge in [0.2, 0.25) is 0 Å². The van der Waals surface area contributed by atoms with Gasteiger partial charge in [0.15, 0.2) is 5.82 Å². The largest absolute Gasteiger partial charge is 0.322 e. The van der Waals surface area contributed by atoms with Crippen molar-refractivity contribution in [1.29, 1.82) is 0 Å². The Bertz CT molecular complexity index is 1540. The summed E-state index contributed by atoms with van der Waals surface area (Å²) in [6.07, 6.45) is 0.723. The Morgan fingerprint density at radius 3 is 2.51 bits per heavy atom. The Morgan fingerprint density at radius 2 is 1.76 bits per heavy atom. The second-order valence-electron chi connectivity index (χ2n) is 9.35. The van der Waals surface area contributed by atoms with E-state index in [9.17, 15) is 9.18 Å². The van der Waals surface area contributed by atoms with Crippen molar-refractivity contribution in [3.05, 3.63) is 123 Å². The van der Waals surface area contributed by atoms with Gasteiger partial charge in [-0.15, -0.1) is 5.10 Å². The van der Waals surface area contributed by atoms with Gasteiger partial charge < -0.3 is 4.98 Å². The average molecular weight is 497 g/mol. The smallest absolute Gasteiger partial charge is 0.252 e. The predicted molar refractivity (Wildman–Crippen MR) is 141 cm³/mol. The third-order valence-corrected chi connectivity index (χ3v) is 6.61. The summed E-state index contributed by atoms with van der Waals surface area (Å²) in [6, 6.07) is 24.3. The number of benzene rings is 3. The lowest BCUT2D eigenvalue weighted by atomic mass is 10.1. The first-order chi connectivity index (χ1) is 18.0. The van der Waals surface area contributed by atoms with Crippen molar-refractivity contribution >= 4 is 10.9 Å². The number of H-pyrrole nitrogens is 1. The standard InChI is InChI=1S/C29H29FN6O/c1-3-27(28-32-33-34-36(28)18-21-7-5-4-6-8-21)35(17-22-10-13-25(30)14-11-22)19-24-16-23-12-9-20(2)15-26(23)31-29(24)37/h4-16,27H,3,17-19H2,1-2H3,(H,31,37)/t27-/m1/s1. The summed E-state index contributed by atoms with van der Waals surface area (Å²) in [4.78, 5) is 18.3. The molecule has 0 bridgehead atoms. The molecule has 0 saturated carbocycles. The van der Waals surface area contributed by atoms with Gasteiger partial charge in [0.05, 0.1) is 12.6 Å². The van der Waals surface area contributed by atoms with E-state index >= 15 is 0 Å². The molecular formula is C29H29FN6O. The Kier molecular flexibility index (Phi) is 7.18. The number of hydrogen-bond donors (Lipinski definition) is 1. The zero-order chi connectivity index (χ0) is 25.8. The lowest BCUT2D eigenvalue weighted by molar-refractivity contribution is 0.161. The quantitative estimate of drug-likeness (QED) is 0.305. The monoisotopic (exact) mass is 496 g/mol. The number of rotatable bonds is 9. The van der Waals surface area contributed by atoms with Crippen LogP contribution in [0.25, 0.3) is 10.9 Å². The third-order valence-electron chi connectivity index (χ3n) is 6.61. The highest BCUT2D eigenvalue weighted by Crippen LogP contribution is 2.27. The number of pyridine rings is 1. The molecule has 2 aromatic heterocycles. The minimum absolute atomic E-state index is 0.124. The van der Waals surface area contributed by atoms with Crippen LogP contribution in [0.4, 0.5) is 4.39 Å². The van der Waals surface area contributed by atoms with Gasteiger partial charge in [0.1, 0.15) is 5.82 Å². The van der Waals surface area contributed by atoms with Gasteiger partial charge in [-0.2, -0.15) is 0 Å². The maximum atomic E-state index is 13.6. The number of nitrogens with zero attached hydrogens (tertiary/aromatic N) is 5. The van der Waals surface area contributed by atoms with Crippen molar-refractivity contribution < 1.29 is 4.39 Å². The van der Waals surface area contributed by atoms with Crippen LogP contribution < -0.4 is 5.56 Å². The molecule has 37 heavy (non-hydrogen) atoms. The van der Waals surface area contributed by atoms with Crippen LogP contribution >= 0.6 is 0 Å². The Labute approximate surface area is 214 Å². The first-order valence-electron chi connectivity index (χ1n) is 12.4. The number of halogens is 1. The van der Waals surface area contributed by atoms with E-state index in [1.807, 2.05) is 66.2 Å². The van der Waals surface area contributed by atoms with Crippen molar-refractivity contribution in [2.45, 2.75) is 45.9 Å². The zero-order valence-electron chi connectivity index (χ0n) is 20.9. The normalized spacial score (nSPS) is 12.3. The fourth-order valence-corrected chi connectivity index (χ4v) is 4.72. The van der Waals surface area contributed by atoms with E-state index in [-0.39, 0.29) is 17.4 Å². The molecule has 0 fully saturated rings. The molecule has 0 spiro atoms. The summed E-state index contributed by atoms with van der Waals surface area (Å²) >= 11 is 0. The minimum Gasteiger partial charge on any atom is -0.322 e. The number of aryl methyl sites for hydroxylation is 1. The Balaban J connectivity index is 1.52. The van der Waals surface area contributed by atoms with Gasteiger partial charge in [-0.3, -0.25) is 9.69 Å². The van der Waals surface area contributed by atoms with Crippen LogP contribution in [0, 0.1) is 12.7 Å². The van der Waals surface area contributed by atoms with E-state index in [2.05, 4.69) is 32.3 Å². The molecule has 0 radical (unpaired) electrons. The summed E-state index contributed by atoms with van der Waals surface area (Å²) < 4.78 is 15.4. The van der Waals surface area contributed by atoms with Crippen LogP contribution in [0.2, 0.25) is 0 Å². The molecule has 0 aliphatic carbocycles. The van der Waals surface area contributed by atoms with E-state index in [0.29, 0.717) is 25.2 Å². The number of hydrogen-bond acceptors (Lipinski definition) is 5. The van der Waals surface area contributed by atoms with Crippen molar-refractivity contribution in [3.63, 3.8) is 0 Å². The number of aromatic nitrogens is 5.